The Hall–Kier alpha value is -14.0. The average Bonchev–Trinajstić information content (AvgIpc) is 1.61. The van der Waals surface area contributed by atoms with Crippen LogP contribution in [0.25, 0.3) is 21.8 Å². The van der Waals surface area contributed by atoms with Gasteiger partial charge in [-0.2, -0.15) is 0 Å². The summed E-state index contributed by atoms with van der Waals surface area (Å²) in [7, 11) is 3.82. The summed E-state index contributed by atoms with van der Waals surface area (Å²) in [5.74, 6) is -18.7. The second-order valence-electron chi connectivity index (χ2n) is 34.7. The van der Waals surface area contributed by atoms with Crippen molar-refractivity contribution in [3.05, 3.63) is 120 Å². The molecule has 0 saturated carbocycles. The summed E-state index contributed by atoms with van der Waals surface area (Å²) in [6.45, 7) is 2.66. The van der Waals surface area contributed by atoms with E-state index < -0.39 is 281 Å². The average molecular weight is 1910 g/mol. The second kappa shape index (κ2) is 50.5. The number of aliphatic hydroxyl groups excluding tert-OH is 3. The van der Waals surface area contributed by atoms with Crippen LogP contribution in [0, 0.1) is 0 Å². The molecule has 0 aliphatic carbocycles. The molecule has 3 aromatic heterocycles. The number of primary amides is 1. The van der Waals surface area contributed by atoms with Crippen LogP contribution in [-0.2, 0) is 119 Å². The lowest BCUT2D eigenvalue weighted by Crippen LogP contribution is -2.61. The number of carbonyl (C=O) groups excluding carboxylic acids is 16. The number of nitrogens with two attached hydrogens (primary N) is 2. The first-order chi connectivity index (χ1) is 65.2. The number of aliphatic hydroxyl groups is 3. The number of fused-ring (bicyclic) bond motifs is 4. The number of rotatable bonds is 25. The molecule has 46 heteroatoms. The standard InChI is InChI=1S/C91H126N22O24/c1-8-10-22-69-84(130)99-49(3)78(124)101-60(80(126)97-42-74(93)118)21-16-32-94-43-75(119)100-64(34-51-26-28-55(115)29-27-51)87(133)108(5)50(4)79(125)105-66(39-76(120)121)90(136)112-33-17-25-70(112)85(131)104-63(37-54-41-95-48-98-54)82(128)102-61(30-31-73(92)117)89(135)113-45-56(116)38-72(113)86(132)103-62(35-52-40-96-59-20-14-12-18-57(52)59)81(127)107-67(47-114)83(129)106-65(88(134)110(7)71(23-11-9-2)91(137)109(69)6)36-53-44-111(46-77(122)123)68-24-15-13-19-58(53)68/h12-15,18-20,24,26-29,40-41,44,48-50,56,60-67,69-72,74,94,96,114-116,118H,8-11,16-17,21-23,25,30-39,42-43,45-47,93H2,1-7H3,(H2,92,117)(H,95,98)(H,97,126)(H,99,130)(H,100,119)(H,101,124)(H,102,128)(H,103,132)(H,104,131)(H,105,125)(H,106,129)(H,107,127)(H,120,121)(H,122,123)/t49-,50-,56+,60-,61-,62-,63-,64-,65-,66-,67-,69-,70?,71-,72?,74?/m0/s1. The van der Waals surface area contributed by atoms with E-state index in [9.17, 15) is 83.4 Å². The topological polar surface area (TPSA) is 679 Å². The molecular weight excluding hydrogens is 1790 g/mol. The summed E-state index contributed by atoms with van der Waals surface area (Å²) in [5.41, 5.74) is 13.6. The van der Waals surface area contributed by atoms with Crippen molar-refractivity contribution >= 4 is 128 Å². The molecule has 9 rings (SSSR count). The van der Waals surface area contributed by atoms with Gasteiger partial charge in [0.25, 0.3) is 0 Å². The molecule has 3 aromatic carbocycles. The molecule has 137 heavy (non-hydrogen) atoms. The number of H-pyrrole nitrogens is 2. The number of aromatic hydroxyl groups is 1. The Balaban J connectivity index is 1.08. The van der Waals surface area contributed by atoms with Gasteiger partial charge < -0.3 is 140 Å². The minimum Gasteiger partial charge on any atom is -0.508 e. The molecule has 0 radical (unpaired) electrons. The molecule has 6 aromatic rings. The fourth-order valence-electron chi connectivity index (χ4n) is 16.9. The third-order valence-corrected chi connectivity index (χ3v) is 24.6. The maximum Gasteiger partial charge on any atom is 0.323 e. The monoisotopic (exact) mass is 1910 g/mol. The maximum atomic E-state index is 15.8. The Labute approximate surface area is 788 Å². The number of hydrogen-bond donors (Lipinski definition) is 21. The minimum atomic E-state index is -1.99. The smallest absolute Gasteiger partial charge is 0.323 e. The lowest BCUT2D eigenvalue weighted by molar-refractivity contribution is -0.149. The van der Waals surface area contributed by atoms with Crippen LogP contribution in [-0.4, -0.2) is 339 Å². The van der Waals surface area contributed by atoms with E-state index in [2.05, 4.69) is 73.4 Å². The molecule has 16 amide bonds. The number of phenolic OH excluding ortho intramolecular Hbond substituents is 1. The molecule has 0 bridgehead atoms. The van der Waals surface area contributed by atoms with Gasteiger partial charge in [0.15, 0.2) is 0 Å². The number of imidazole rings is 1. The Bertz CT molecular complexity index is 5300. The number of carboxylic acids is 2. The number of hydrogen-bond acceptors (Lipinski definition) is 25. The van der Waals surface area contributed by atoms with E-state index >= 15 is 33.6 Å². The predicted octanol–water partition coefficient (Wildman–Crippen LogP) is -4.37. The van der Waals surface area contributed by atoms with Gasteiger partial charge in [0, 0.05) is 119 Å². The summed E-state index contributed by atoms with van der Waals surface area (Å²) in [5, 5.41) is 92.8. The molecule has 0 spiro atoms. The molecule has 6 heterocycles. The van der Waals surface area contributed by atoms with Gasteiger partial charge in [-0.05, 0) is 106 Å². The zero-order chi connectivity index (χ0) is 100. The number of unbranched alkanes of at least 4 members (excludes halogenated alkanes) is 2. The van der Waals surface area contributed by atoms with Gasteiger partial charge in [0.1, 0.15) is 103 Å². The van der Waals surface area contributed by atoms with Crippen molar-refractivity contribution in [3.63, 3.8) is 0 Å². The van der Waals surface area contributed by atoms with Crippen molar-refractivity contribution in [2.24, 2.45) is 11.5 Å². The zero-order valence-corrected chi connectivity index (χ0v) is 77.5. The summed E-state index contributed by atoms with van der Waals surface area (Å²) in [4.78, 5) is 276. The van der Waals surface area contributed by atoms with Crippen molar-refractivity contribution in [1.29, 1.82) is 0 Å². The lowest BCUT2D eigenvalue weighted by Gasteiger charge is -2.36. The first kappa shape index (κ1) is 107. The molecule has 3 saturated heterocycles. The Kier molecular flexibility index (Phi) is 39.4. The Morgan fingerprint density at radius 3 is 1.81 bits per heavy atom. The molecular formula is C91H126N22O24. The van der Waals surface area contributed by atoms with E-state index in [0.29, 0.717) is 64.2 Å². The number of carbonyl (C=O) groups is 18. The first-order valence-corrected chi connectivity index (χ1v) is 45.6. The van der Waals surface area contributed by atoms with E-state index in [1.807, 2.05) is 13.8 Å². The molecule has 3 aliphatic rings. The van der Waals surface area contributed by atoms with Crippen LogP contribution in [0.3, 0.4) is 0 Å². The predicted molar refractivity (Wildman–Crippen MR) is 491 cm³/mol. The number of likely N-dealkylation sites (N-methyl/N-ethyl adjacent to an activating group) is 3. The van der Waals surface area contributed by atoms with E-state index in [0.717, 1.165) is 24.5 Å². The maximum absolute atomic E-state index is 15.8. The fourth-order valence-corrected chi connectivity index (χ4v) is 16.9. The molecule has 46 nitrogen and oxygen atoms in total. The van der Waals surface area contributed by atoms with Crippen molar-refractivity contribution in [2.45, 2.75) is 247 Å². The molecule has 23 N–H and O–H groups in total. The van der Waals surface area contributed by atoms with Gasteiger partial charge >= 0.3 is 11.9 Å². The van der Waals surface area contributed by atoms with Gasteiger partial charge in [-0.25, -0.2) is 4.98 Å². The highest BCUT2D eigenvalue weighted by Crippen LogP contribution is 2.29. The van der Waals surface area contributed by atoms with Crippen LogP contribution >= 0.6 is 0 Å². The summed E-state index contributed by atoms with van der Waals surface area (Å²) in [6.07, 6.45) is -0.214. The van der Waals surface area contributed by atoms with Gasteiger partial charge in [-0.1, -0.05) is 88.1 Å². The highest BCUT2D eigenvalue weighted by Gasteiger charge is 2.47. The third kappa shape index (κ3) is 29.5. The fraction of sp³-hybridized carbons (Fsp3) is 0.527. The van der Waals surface area contributed by atoms with Gasteiger partial charge in [-0.15, -0.1) is 0 Å². The second-order valence-corrected chi connectivity index (χ2v) is 34.7. The number of carboxylic acid groups (broad SMARTS) is 2. The SMILES string of the molecule is CCCC[C@H]1C(=O)N(C)[C@@H](CCCC)C(=O)N[C@@H](C)C(=O)N[C@H](C(=O)NCC(N)O)CCCNCC(=O)N[C@@H](Cc2ccc(O)cc2)C(=O)N(C)[C@@H](C)C(=O)N[C@@H](CC(=O)O)C(=O)N2CCCC2C(=O)N[C@@H](Cc2cnc[nH]2)C(=O)N[C@@H](CCC(N)=O)C(=O)N2C[C@H](O)CC2C(=O)N[C@@H](Cc2c[nH]c3ccccc23)C(=O)N[C@@H](CO)C(=O)N[C@@H](Cc2cn(CC(=O)O)c3ccccc23)C(=O)N1C. The quantitative estimate of drug-likeness (QED) is 0.0241. The highest BCUT2D eigenvalue weighted by molar-refractivity contribution is 6.02. The number of para-hydroxylation sites is 2. The van der Waals surface area contributed by atoms with Crippen LogP contribution in [0.5, 0.6) is 5.75 Å². The number of nitrogens with one attached hydrogen (secondary N) is 13. The normalized spacial score (nSPS) is 25.0. The van der Waals surface area contributed by atoms with E-state index in [1.165, 1.54) is 82.5 Å². The van der Waals surface area contributed by atoms with Gasteiger partial charge in [0.2, 0.25) is 94.5 Å². The molecule has 744 valence electrons. The van der Waals surface area contributed by atoms with Crippen LogP contribution in [0.15, 0.2) is 97.7 Å². The molecule has 3 unspecified atom stereocenters. The van der Waals surface area contributed by atoms with E-state index in [-0.39, 0.29) is 69.5 Å². The van der Waals surface area contributed by atoms with Crippen molar-refractivity contribution in [3.8, 4) is 5.75 Å². The minimum absolute atomic E-state index is 0.00158. The molecule has 16 atom stereocenters. The van der Waals surface area contributed by atoms with Crippen LogP contribution in [0.2, 0.25) is 0 Å². The summed E-state index contributed by atoms with van der Waals surface area (Å²) >= 11 is 0. The van der Waals surface area contributed by atoms with Crippen LogP contribution in [0.4, 0.5) is 0 Å². The van der Waals surface area contributed by atoms with Crippen molar-refractivity contribution < 1.29 is 117 Å². The summed E-state index contributed by atoms with van der Waals surface area (Å²) in [6, 6.07) is -3.72. The largest absolute Gasteiger partial charge is 0.508 e. The van der Waals surface area contributed by atoms with E-state index in [4.69, 9.17) is 11.5 Å². The number of phenols is 1. The number of benzene rings is 3. The Morgan fingerprint density at radius 1 is 0.569 bits per heavy atom. The molecule has 3 aliphatic heterocycles. The summed E-state index contributed by atoms with van der Waals surface area (Å²) < 4.78 is 1.40. The zero-order valence-electron chi connectivity index (χ0n) is 77.5. The number of aliphatic carboxylic acids is 2. The third-order valence-electron chi connectivity index (χ3n) is 24.6. The van der Waals surface area contributed by atoms with Crippen LogP contribution in [0.1, 0.15) is 140 Å². The lowest BCUT2D eigenvalue weighted by atomic mass is 10.00. The van der Waals surface area contributed by atoms with E-state index in [1.54, 1.807) is 54.7 Å². The number of amides is 16. The molecule has 3 fully saturated rings. The number of nitrogens with zero attached hydrogens (tertiary/aromatic N) is 7. The van der Waals surface area contributed by atoms with Gasteiger partial charge in [-0.3, -0.25) is 86.3 Å². The van der Waals surface area contributed by atoms with Crippen molar-refractivity contribution in [1.82, 2.24) is 103 Å². The highest BCUT2D eigenvalue weighted by atomic mass is 16.4. The number of aromatic amines is 2. The Morgan fingerprint density at radius 2 is 1.16 bits per heavy atom. The van der Waals surface area contributed by atoms with Crippen molar-refractivity contribution in [2.75, 3.05) is 60.5 Å². The van der Waals surface area contributed by atoms with Gasteiger partial charge in [0.05, 0.1) is 38.5 Å². The number of aromatic nitrogens is 4. The van der Waals surface area contributed by atoms with Crippen LogP contribution < -0.4 is 70.0 Å². The first-order valence-electron chi connectivity index (χ1n) is 45.6.